The lowest BCUT2D eigenvalue weighted by Crippen LogP contribution is -2.41. The highest BCUT2D eigenvalue weighted by Crippen LogP contribution is 2.27. The average molecular weight is 348 g/mol. The first-order valence-electron chi connectivity index (χ1n) is 7.79. The first-order chi connectivity index (χ1) is 11.4. The zero-order valence-electron chi connectivity index (χ0n) is 13.7. The number of aromatic nitrogens is 2. The van der Waals surface area contributed by atoms with Crippen LogP contribution in [0.5, 0.6) is 0 Å². The normalized spacial score (nSPS) is 14.8. The molecule has 24 heavy (non-hydrogen) atoms. The van der Waals surface area contributed by atoms with Crippen molar-refractivity contribution in [2.45, 2.75) is 31.6 Å². The summed E-state index contributed by atoms with van der Waals surface area (Å²) in [6, 6.07) is 7.72. The van der Waals surface area contributed by atoms with Gasteiger partial charge in [-0.3, -0.25) is 9.89 Å². The zero-order valence-corrected chi connectivity index (χ0v) is 14.5. The van der Waals surface area contributed by atoms with Crippen molar-refractivity contribution in [3.05, 3.63) is 41.2 Å². The molecule has 0 saturated heterocycles. The Morgan fingerprint density at radius 3 is 2.71 bits per heavy atom. The van der Waals surface area contributed by atoms with Crippen molar-refractivity contribution in [3.63, 3.8) is 0 Å². The molecule has 0 unspecified atom stereocenters. The number of anilines is 1. The maximum atomic E-state index is 12.4. The number of amides is 1. The zero-order chi connectivity index (χ0) is 17.3. The molecule has 3 rings (SSSR count). The van der Waals surface area contributed by atoms with Crippen molar-refractivity contribution in [2.24, 2.45) is 0 Å². The van der Waals surface area contributed by atoms with E-state index < -0.39 is 10.0 Å². The summed E-state index contributed by atoms with van der Waals surface area (Å²) in [6.07, 6.45) is 1.17. The molecular weight excluding hydrogens is 328 g/mol. The molecule has 2 heterocycles. The molecule has 0 aliphatic carbocycles. The Kier molecular flexibility index (Phi) is 4.42. The minimum absolute atomic E-state index is 0.0172. The number of nitrogens with one attached hydrogen (secondary N) is 2. The molecule has 8 heteroatoms. The van der Waals surface area contributed by atoms with Gasteiger partial charge in [0.05, 0.1) is 11.4 Å². The number of sulfonamides is 1. The number of benzene rings is 1. The van der Waals surface area contributed by atoms with E-state index in [1.807, 2.05) is 24.3 Å². The van der Waals surface area contributed by atoms with Gasteiger partial charge in [0.2, 0.25) is 15.9 Å². The van der Waals surface area contributed by atoms with Crippen molar-refractivity contribution in [1.82, 2.24) is 14.9 Å². The maximum absolute atomic E-state index is 12.4. The van der Waals surface area contributed by atoms with Crippen molar-refractivity contribution < 1.29 is 13.2 Å². The van der Waals surface area contributed by atoms with Gasteiger partial charge >= 0.3 is 0 Å². The summed E-state index contributed by atoms with van der Waals surface area (Å²) in [5, 5.41) is 6.58. The minimum atomic E-state index is -3.66. The minimum Gasteiger partial charge on any atom is -0.311 e. The molecule has 0 fully saturated rings. The van der Waals surface area contributed by atoms with E-state index in [9.17, 15) is 13.2 Å². The molecule has 0 atom stereocenters. The standard InChI is InChI=1S/C16H20N4O3S/c1-11-16(12(2)19-18-11)24(22,23)17-9-10-20-14-6-4-3-5-13(14)7-8-15(20)21/h3-6,17H,7-10H2,1-2H3,(H,18,19). The number of H-pyrrole nitrogens is 1. The van der Waals surface area contributed by atoms with E-state index in [1.54, 1.807) is 18.7 Å². The molecule has 0 spiro atoms. The molecule has 0 saturated carbocycles. The summed E-state index contributed by atoms with van der Waals surface area (Å²) < 4.78 is 27.4. The van der Waals surface area contributed by atoms with Crippen LogP contribution in [0.25, 0.3) is 0 Å². The van der Waals surface area contributed by atoms with Crippen molar-refractivity contribution in [2.75, 3.05) is 18.0 Å². The van der Waals surface area contributed by atoms with E-state index in [-0.39, 0.29) is 17.3 Å². The molecule has 7 nitrogen and oxygen atoms in total. The summed E-state index contributed by atoms with van der Waals surface area (Å²) in [5.74, 6) is 0.0172. The molecule has 1 amide bonds. The van der Waals surface area contributed by atoms with Crippen LogP contribution in [0.2, 0.25) is 0 Å². The van der Waals surface area contributed by atoms with Crippen LogP contribution in [0.3, 0.4) is 0 Å². The van der Waals surface area contributed by atoms with Crippen molar-refractivity contribution >= 4 is 21.6 Å². The number of carbonyl (C=O) groups is 1. The van der Waals surface area contributed by atoms with Crippen LogP contribution in [0.1, 0.15) is 23.4 Å². The summed E-state index contributed by atoms with van der Waals surface area (Å²) in [4.78, 5) is 14.0. The third-order valence-electron chi connectivity index (χ3n) is 4.15. The Hall–Kier alpha value is -2.19. The van der Waals surface area contributed by atoms with E-state index in [1.165, 1.54) is 0 Å². The van der Waals surface area contributed by atoms with Gasteiger partial charge < -0.3 is 4.90 Å². The topological polar surface area (TPSA) is 95.2 Å². The molecule has 1 aromatic heterocycles. The smallest absolute Gasteiger partial charge is 0.244 e. The number of aryl methyl sites for hydroxylation is 3. The van der Waals surface area contributed by atoms with Gasteiger partial charge in [-0.1, -0.05) is 18.2 Å². The van der Waals surface area contributed by atoms with Crippen LogP contribution in [-0.2, 0) is 21.2 Å². The van der Waals surface area contributed by atoms with Gasteiger partial charge in [-0.25, -0.2) is 13.1 Å². The molecule has 1 aromatic carbocycles. The first kappa shape index (κ1) is 16.7. The summed E-state index contributed by atoms with van der Waals surface area (Å²) in [6.45, 7) is 3.75. The van der Waals surface area contributed by atoms with Gasteiger partial charge in [0.25, 0.3) is 0 Å². The summed E-state index contributed by atoms with van der Waals surface area (Å²) in [5.41, 5.74) is 2.91. The fourth-order valence-corrected chi connectivity index (χ4v) is 4.43. The van der Waals surface area contributed by atoms with Gasteiger partial charge in [-0.15, -0.1) is 0 Å². The Morgan fingerprint density at radius 2 is 2.00 bits per heavy atom. The first-order valence-corrected chi connectivity index (χ1v) is 9.28. The lowest BCUT2D eigenvalue weighted by atomic mass is 10.0. The summed E-state index contributed by atoms with van der Waals surface area (Å²) in [7, 11) is -3.66. The molecule has 2 N–H and O–H groups in total. The number of carbonyl (C=O) groups excluding carboxylic acids is 1. The van der Waals surface area contributed by atoms with Gasteiger partial charge in [-0.05, 0) is 31.9 Å². The molecule has 1 aliphatic heterocycles. The van der Waals surface area contributed by atoms with Crippen LogP contribution in [0.15, 0.2) is 29.2 Å². The summed E-state index contributed by atoms with van der Waals surface area (Å²) >= 11 is 0. The largest absolute Gasteiger partial charge is 0.311 e. The molecular formula is C16H20N4O3S. The van der Waals surface area contributed by atoms with Gasteiger partial charge in [-0.2, -0.15) is 5.10 Å². The number of nitrogens with zero attached hydrogens (tertiary/aromatic N) is 2. The van der Waals surface area contributed by atoms with E-state index in [2.05, 4.69) is 14.9 Å². The monoisotopic (exact) mass is 348 g/mol. The number of hydrogen-bond donors (Lipinski definition) is 2. The molecule has 2 aromatic rings. The number of para-hydroxylation sites is 1. The van der Waals surface area contributed by atoms with E-state index in [0.717, 1.165) is 17.7 Å². The lowest BCUT2D eigenvalue weighted by molar-refractivity contribution is -0.118. The van der Waals surface area contributed by atoms with Crippen LogP contribution >= 0.6 is 0 Å². The van der Waals surface area contributed by atoms with Crippen LogP contribution < -0.4 is 9.62 Å². The third-order valence-corrected chi connectivity index (χ3v) is 5.87. The fraction of sp³-hybridized carbons (Fsp3) is 0.375. The SMILES string of the molecule is Cc1n[nH]c(C)c1S(=O)(=O)NCCN1C(=O)CCc2ccccc21. The quantitative estimate of drug-likeness (QED) is 0.851. The molecule has 0 radical (unpaired) electrons. The van der Waals surface area contributed by atoms with Crippen LogP contribution in [-0.4, -0.2) is 37.6 Å². The molecule has 128 valence electrons. The number of aromatic amines is 1. The van der Waals surface area contributed by atoms with E-state index >= 15 is 0 Å². The van der Waals surface area contributed by atoms with E-state index in [4.69, 9.17) is 0 Å². The van der Waals surface area contributed by atoms with Crippen LogP contribution in [0.4, 0.5) is 5.69 Å². The second kappa shape index (κ2) is 6.37. The second-order valence-corrected chi connectivity index (χ2v) is 7.54. The van der Waals surface area contributed by atoms with Crippen molar-refractivity contribution in [1.29, 1.82) is 0 Å². The molecule has 1 aliphatic rings. The predicted octanol–water partition coefficient (Wildman–Crippen LogP) is 1.28. The number of rotatable bonds is 5. The highest BCUT2D eigenvalue weighted by atomic mass is 32.2. The Balaban J connectivity index is 1.72. The number of fused-ring (bicyclic) bond motifs is 1. The predicted molar refractivity (Wildman–Crippen MR) is 90.4 cm³/mol. The van der Waals surface area contributed by atoms with Crippen molar-refractivity contribution in [3.8, 4) is 0 Å². The van der Waals surface area contributed by atoms with Crippen LogP contribution in [0, 0.1) is 13.8 Å². The van der Waals surface area contributed by atoms with Gasteiger partial charge in [0.1, 0.15) is 4.90 Å². The Labute approximate surface area is 141 Å². The Bertz CT molecular complexity index is 854. The fourth-order valence-electron chi connectivity index (χ4n) is 3.04. The number of hydrogen-bond acceptors (Lipinski definition) is 4. The third kappa shape index (κ3) is 3.07. The van der Waals surface area contributed by atoms with Gasteiger partial charge in [0, 0.05) is 25.2 Å². The van der Waals surface area contributed by atoms with E-state index in [0.29, 0.717) is 24.4 Å². The lowest BCUT2D eigenvalue weighted by Gasteiger charge is -2.29. The highest BCUT2D eigenvalue weighted by Gasteiger charge is 2.25. The van der Waals surface area contributed by atoms with Gasteiger partial charge in [0.15, 0.2) is 0 Å². The maximum Gasteiger partial charge on any atom is 0.244 e. The molecule has 0 bridgehead atoms. The Morgan fingerprint density at radius 1 is 1.25 bits per heavy atom. The highest BCUT2D eigenvalue weighted by molar-refractivity contribution is 7.89. The average Bonchev–Trinajstić information content (AvgIpc) is 2.89. The second-order valence-electron chi connectivity index (χ2n) is 5.84.